The van der Waals surface area contributed by atoms with Crippen molar-refractivity contribution in [2.45, 2.75) is 18.9 Å². The zero-order valence-corrected chi connectivity index (χ0v) is 7.55. The van der Waals surface area contributed by atoms with Crippen LogP contribution in [0.5, 0.6) is 0 Å². The van der Waals surface area contributed by atoms with Crippen molar-refractivity contribution in [2.75, 3.05) is 20.1 Å². The lowest BCUT2D eigenvalue weighted by atomic mass is 10.2. The van der Waals surface area contributed by atoms with Crippen LogP contribution in [0.15, 0.2) is 12.7 Å². The number of nitrogens with one attached hydrogen (secondary N) is 1. The van der Waals surface area contributed by atoms with Gasteiger partial charge in [-0.05, 0) is 19.4 Å². The van der Waals surface area contributed by atoms with E-state index in [1.54, 1.807) is 11.0 Å². The van der Waals surface area contributed by atoms with Crippen LogP contribution in [0.2, 0.25) is 0 Å². The van der Waals surface area contributed by atoms with Gasteiger partial charge < -0.3 is 10.2 Å². The van der Waals surface area contributed by atoms with E-state index in [0.29, 0.717) is 6.54 Å². The van der Waals surface area contributed by atoms with Crippen molar-refractivity contribution in [3.8, 4) is 0 Å². The Morgan fingerprint density at radius 3 is 3.08 bits per heavy atom. The Morgan fingerprint density at radius 2 is 2.58 bits per heavy atom. The molecule has 3 nitrogen and oxygen atoms in total. The molecular weight excluding hydrogens is 152 g/mol. The van der Waals surface area contributed by atoms with Gasteiger partial charge in [-0.3, -0.25) is 4.79 Å². The van der Waals surface area contributed by atoms with Gasteiger partial charge in [0.1, 0.15) is 0 Å². The van der Waals surface area contributed by atoms with E-state index in [-0.39, 0.29) is 11.9 Å². The molecule has 0 unspecified atom stereocenters. The van der Waals surface area contributed by atoms with Crippen molar-refractivity contribution in [2.24, 2.45) is 0 Å². The lowest BCUT2D eigenvalue weighted by molar-refractivity contribution is -0.131. The molecule has 0 aliphatic carbocycles. The Balaban J connectivity index is 2.39. The highest BCUT2D eigenvalue weighted by Crippen LogP contribution is 2.07. The van der Waals surface area contributed by atoms with Crippen LogP contribution in [0, 0.1) is 0 Å². The van der Waals surface area contributed by atoms with Crippen LogP contribution in [-0.2, 0) is 4.79 Å². The van der Waals surface area contributed by atoms with Crippen molar-refractivity contribution in [3.63, 3.8) is 0 Å². The van der Waals surface area contributed by atoms with Crippen LogP contribution in [0.4, 0.5) is 0 Å². The maximum absolute atomic E-state index is 11.6. The normalized spacial score (nSPS) is 22.2. The number of hydrogen-bond acceptors (Lipinski definition) is 2. The minimum Gasteiger partial charge on any atom is -0.341 e. The lowest BCUT2D eigenvalue weighted by Crippen LogP contribution is -2.41. The largest absolute Gasteiger partial charge is 0.341 e. The molecular formula is C9H16N2O. The molecule has 1 amide bonds. The number of likely N-dealkylation sites (N-methyl/N-ethyl adjacent to an activating group) is 1. The average molecular weight is 168 g/mol. The molecule has 1 fully saturated rings. The van der Waals surface area contributed by atoms with Crippen molar-refractivity contribution in [1.29, 1.82) is 0 Å². The summed E-state index contributed by atoms with van der Waals surface area (Å²) in [4.78, 5) is 13.3. The second-order valence-corrected chi connectivity index (χ2v) is 3.16. The molecule has 1 N–H and O–H groups in total. The number of hydrogen-bond donors (Lipinski definition) is 1. The number of amides is 1. The van der Waals surface area contributed by atoms with Crippen LogP contribution in [0.25, 0.3) is 0 Å². The summed E-state index contributed by atoms with van der Waals surface area (Å²) in [6.07, 6.45) is 3.82. The molecule has 1 atom stereocenters. The fourth-order valence-corrected chi connectivity index (χ4v) is 1.44. The lowest BCUT2D eigenvalue weighted by Gasteiger charge is -2.19. The topological polar surface area (TPSA) is 32.3 Å². The van der Waals surface area contributed by atoms with Gasteiger partial charge in [-0.1, -0.05) is 6.08 Å². The van der Waals surface area contributed by atoms with Crippen LogP contribution in [0.3, 0.4) is 0 Å². The van der Waals surface area contributed by atoms with E-state index >= 15 is 0 Å². The highest BCUT2D eigenvalue weighted by atomic mass is 16.2. The molecule has 1 rings (SSSR count). The van der Waals surface area contributed by atoms with Crippen molar-refractivity contribution in [3.05, 3.63) is 12.7 Å². The molecule has 1 heterocycles. The van der Waals surface area contributed by atoms with Crippen LogP contribution in [0.1, 0.15) is 12.8 Å². The Labute approximate surface area is 73.4 Å². The van der Waals surface area contributed by atoms with Crippen molar-refractivity contribution in [1.82, 2.24) is 10.2 Å². The highest BCUT2D eigenvalue weighted by molar-refractivity contribution is 5.82. The average Bonchev–Trinajstić information content (AvgIpc) is 2.55. The Kier molecular flexibility index (Phi) is 3.29. The zero-order valence-electron chi connectivity index (χ0n) is 7.55. The first kappa shape index (κ1) is 9.26. The minimum absolute atomic E-state index is 0.0509. The summed E-state index contributed by atoms with van der Waals surface area (Å²) in [6.45, 7) is 5.20. The van der Waals surface area contributed by atoms with Gasteiger partial charge >= 0.3 is 0 Å². The molecule has 68 valence electrons. The van der Waals surface area contributed by atoms with Gasteiger partial charge in [-0.2, -0.15) is 0 Å². The predicted molar refractivity (Wildman–Crippen MR) is 48.9 cm³/mol. The molecule has 0 bridgehead atoms. The van der Waals surface area contributed by atoms with Gasteiger partial charge in [0.05, 0.1) is 6.04 Å². The first-order valence-corrected chi connectivity index (χ1v) is 4.35. The molecule has 0 spiro atoms. The zero-order chi connectivity index (χ0) is 8.97. The number of rotatable bonds is 3. The second kappa shape index (κ2) is 4.26. The van der Waals surface area contributed by atoms with E-state index in [1.807, 2.05) is 7.05 Å². The van der Waals surface area contributed by atoms with Crippen LogP contribution >= 0.6 is 0 Å². The van der Waals surface area contributed by atoms with E-state index in [4.69, 9.17) is 0 Å². The third-order valence-corrected chi connectivity index (χ3v) is 2.14. The van der Waals surface area contributed by atoms with Gasteiger partial charge in [-0.25, -0.2) is 0 Å². The second-order valence-electron chi connectivity index (χ2n) is 3.16. The maximum Gasteiger partial charge on any atom is 0.239 e. The van der Waals surface area contributed by atoms with Gasteiger partial charge in [0.15, 0.2) is 0 Å². The van der Waals surface area contributed by atoms with E-state index in [2.05, 4.69) is 11.9 Å². The molecule has 0 aromatic heterocycles. The molecule has 1 saturated heterocycles. The molecule has 0 saturated carbocycles. The summed E-state index contributed by atoms with van der Waals surface area (Å²) in [7, 11) is 1.81. The fraction of sp³-hybridized carbons (Fsp3) is 0.667. The first-order valence-electron chi connectivity index (χ1n) is 4.35. The predicted octanol–water partition coefficient (Wildman–Crippen LogP) is 0.383. The molecule has 3 heteroatoms. The van der Waals surface area contributed by atoms with Gasteiger partial charge in [0.25, 0.3) is 0 Å². The third kappa shape index (κ3) is 2.08. The smallest absolute Gasteiger partial charge is 0.239 e. The summed E-state index contributed by atoms with van der Waals surface area (Å²) in [5.74, 6) is 0.187. The minimum atomic E-state index is 0.0509. The van der Waals surface area contributed by atoms with Crippen LogP contribution < -0.4 is 5.32 Å². The standard InChI is InChI=1S/C9H16N2O/c1-3-7-11(2)9(12)8-5-4-6-10-8/h3,8,10H,1,4-7H2,2H3/t8-/m0/s1. The number of nitrogens with zero attached hydrogens (tertiary/aromatic N) is 1. The third-order valence-electron chi connectivity index (χ3n) is 2.14. The summed E-state index contributed by atoms with van der Waals surface area (Å²) in [5, 5.41) is 3.17. The van der Waals surface area contributed by atoms with Crippen molar-refractivity contribution < 1.29 is 4.79 Å². The summed E-state index contributed by atoms with van der Waals surface area (Å²) in [5.41, 5.74) is 0. The van der Waals surface area contributed by atoms with E-state index in [9.17, 15) is 4.79 Å². The van der Waals surface area contributed by atoms with Gasteiger partial charge in [-0.15, -0.1) is 6.58 Å². The number of carbonyl (C=O) groups excluding carboxylic acids is 1. The summed E-state index contributed by atoms with van der Waals surface area (Å²) >= 11 is 0. The van der Waals surface area contributed by atoms with E-state index in [0.717, 1.165) is 19.4 Å². The van der Waals surface area contributed by atoms with E-state index < -0.39 is 0 Å². The highest BCUT2D eigenvalue weighted by Gasteiger charge is 2.23. The first-order chi connectivity index (χ1) is 5.75. The SMILES string of the molecule is C=CCN(C)C(=O)[C@@H]1CCCN1. The molecule has 12 heavy (non-hydrogen) atoms. The molecule has 0 radical (unpaired) electrons. The van der Waals surface area contributed by atoms with Gasteiger partial charge in [0, 0.05) is 13.6 Å². The van der Waals surface area contributed by atoms with Crippen LogP contribution in [-0.4, -0.2) is 37.0 Å². The summed E-state index contributed by atoms with van der Waals surface area (Å²) < 4.78 is 0. The molecule has 0 aromatic carbocycles. The van der Waals surface area contributed by atoms with E-state index in [1.165, 1.54) is 0 Å². The Bertz CT molecular complexity index is 173. The fourth-order valence-electron chi connectivity index (χ4n) is 1.44. The Hall–Kier alpha value is -0.830. The van der Waals surface area contributed by atoms with Crippen molar-refractivity contribution >= 4 is 5.91 Å². The Morgan fingerprint density at radius 1 is 1.83 bits per heavy atom. The molecule has 0 aromatic rings. The summed E-state index contributed by atoms with van der Waals surface area (Å²) in [6, 6.07) is 0.0509. The molecule has 1 aliphatic rings. The molecule has 1 aliphatic heterocycles. The monoisotopic (exact) mass is 168 g/mol. The number of carbonyl (C=O) groups is 1. The maximum atomic E-state index is 11.6. The quantitative estimate of drug-likeness (QED) is 0.618. The van der Waals surface area contributed by atoms with Gasteiger partial charge in [0.2, 0.25) is 5.91 Å².